The van der Waals surface area contributed by atoms with Gasteiger partial charge in [0.15, 0.2) is 0 Å². The summed E-state index contributed by atoms with van der Waals surface area (Å²) in [7, 11) is 0. The summed E-state index contributed by atoms with van der Waals surface area (Å²) in [6.07, 6.45) is 1.82. The average molecular weight is 472 g/mol. The van der Waals surface area contributed by atoms with Crippen LogP contribution in [-0.4, -0.2) is 22.7 Å². The molecule has 0 saturated heterocycles. The highest BCUT2D eigenvalue weighted by Crippen LogP contribution is 2.40. The fraction of sp³-hybridized carbons (Fsp3) is 0.143. The zero-order valence-corrected chi connectivity index (χ0v) is 19.8. The molecule has 0 radical (unpaired) electrons. The van der Waals surface area contributed by atoms with Crippen LogP contribution >= 0.6 is 11.8 Å². The summed E-state index contributed by atoms with van der Waals surface area (Å²) < 4.78 is 11.0. The number of carbonyl (C=O) groups excluding carboxylic acids is 1. The average Bonchev–Trinajstić information content (AvgIpc) is 3.15. The summed E-state index contributed by atoms with van der Waals surface area (Å²) >= 11 is 1.24. The van der Waals surface area contributed by atoms with Crippen molar-refractivity contribution in [2.45, 2.75) is 20.5 Å². The lowest BCUT2D eigenvalue weighted by Gasteiger charge is -2.06. The number of rotatable bonds is 7. The number of aliphatic hydroxyl groups excluding tert-OH is 1. The van der Waals surface area contributed by atoms with Crippen molar-refractivity contribution in [1.29, 1.82) is 0 Å². The molecule has 0 fully saturated rings. The second kappa shape index (κ2) is 10.9. The standard InChI is InChI=1S/C28H25NO4S/c1-3-32-28(31)25-26(30)24(34-27(25)29-22-13-9-19(2)10-14-22)17-20-11-15-23(16-12-20)33-18-21-7-5-4-6-8-21/h4-17,30H,3,18H2,1-2H3/b24-17+,29-27?. The first-order valence-corrected chi connectivity index (χ1v) is 11.8. The molecule has 0 spiro atoms. The predicted octanol–water partition coefficient (Wildman–Crippen LogP) is 6.77. The Kier molecular flexibility index (Phi) is 7.50. The van der Waals surface area contributed by atoms with Gasteiger partial charge in [-0.25, -0.2) is 9.79 Å². The topological polar surface area (TPSA) is 68.1 Å². The van der Waals surface area contributed by atoms with E-state index >= 15 is 0 Å². The molecule has 1 aliphatic rings. The molecule has 34 heavy (non-hydrogen) atoms. The molecule has 0 atom stereocenters. The van der Waals surface area contributed by atoms with Crippen LogP contribution in [0, 0.1) is 6.92 Å². The minimum absolute atomic E-state index is 0.0847. The number of aryl methyl sites for hydroxylation is 1. The van der Waals surface area contributed by atoms with Crippen molar-refractivity contribution in [2.24, 2.45) is 4.99 Å². The van der Waals surface area contributed by atoms with Gasteiger partial charge in [-0.15, -0.1) is 0 Å². The first-order valence-electron chi connectivity index (χ1n) is 11.0. The summed E-state index contributed by atoms with van der Waals surface area (Å²) in [6, 6.07) is 25.2. The smallest absolute Gasteiger partial charge is 0.344 e. The molecule has 0 bridgehead atoms. The quantitative estimate of drug-likeness (QED) is 0.385. The van der Waals surface area contributed by atoms with Crippen molar-refractivity contribution in [3.05, 3.63) is 112 Å². The Bertz CT molecular complexity index is 1240. The number of aliphatic imine (C=N–C) groups is 1. The van der Waals surface area contributed by atoms with E-state index in [2.05, 4.69) is 4.99 Å². The van der Waals surface area contributed by atoms with Gasteiger partial charge in [0.1, 0.15) is 28.7 Å². The normalized spacial score (nSPS) is 15.7. The van der Waals surface area contributed by atoms with Crippen molar-refractivity contribution in [2.75, 3.05) is 6.61 Å². The third-order valence-electron chi connectivity index (χ3n) is 5.06. The van der Waals surface area contributed by atoms with Crippen LogP contribution in [0.1, 0.15) is 23.6 Å². The van der Waals surface area contributed by atoms with E-state index in [0.29, 0.717) is 22.2 Å². The van der Waals surface area contributed by atoms with Gasteiger partial charge in [-0.3, -0.25) is 0 Å². The van der Waals surface area contributed by atoms with Crippen LogP contribution in [0.5, 0.6) is 5.75 Å². The van der Waals surface area contributed by atoms with Gasteiger partial charge >= 0.3 is 5.97 Å². The van der Waals surface area contributed by atoms with Crippen LogP contribution in [-0.2, 0) is 16.1 Å². The SMILES string of the molecule is CCOC(=O)C1=C(O)/C(=C\c2ccc(OCc3ccccc3)cc2)SC1=Nc1ccc(C)cc1. The lowest BCUT2D eigenvalue weighted by atomic mass is 10.1. The summed E-state index contributed by atoms with van der Waals surface area (Å²) in [6.45, 7) is 4.42. The lowest BCUT2D eigenvalue weighted by Crippen LogP contribution is -2.12. The van der Waals surface area contributed by atoms with Gasteiger partial charge in [0.2, 0.25) is 0 Å². The van der Waals surface area contributed by atoms with E-state index in [-0.39, 0.29) is 17.9 Å². The molecule has 1 aliphatic heterocycles. The Morgan fingerprint density at radius 2 is 1.71 bits per heavy atom. The van der Waals surface area contributed by atoms with Gasteiger partial charge in [0, 0.05) is 0 Å². The highest BCUT2D eigenvalue weighted by Gasteiger charge is 2.33. The number of hydrogen-bond acceptors (Lipinski definition) is 6. The van der Waals surface area contributed by atoms with Gasteiger partial charge in [0.05, 0.1) is 17.2 Å². The van der Waals surface area contributed by atoms with Gasteiger partial charge in [-0.2, -0.15) is 0 Å². The Morgan fingerprint density at radius 1 is 1.00 bits per heavy atom. The van der Waals surface area contributed by atoms with Crippen LogP contribution in [0.2, 0.25) is 0 Å². The molecule has 0 aliphatic carbocycles. The minimum atomic E-state index is -0.591. The monoisotopic (exact) mass is 471 g/mol. The highest BCUT2D eigenvalue weighted by atomic mass is 32.2. The van der Waals surface area contributed by atoms with E-state index in [1.54, 1.807) is 6.92 Å². The van der Waals surface area contributed by atoms with Crippen molar-refractivity contribution in [3.63, 3.8) is 0 Å². The second-order valence-electron chi connectivity index (χ2n) is 7.65. The maximum atomic E-state index is 12.6. The molecule has 0 aromatic heterocycles. The number of thioether (sulfide) groups is 1. The molecule has 0 unspecified atom stereocenters. The van der Waals surface area contributed by atoms with Crippen molar-refractivity contribution >= 4 is 34.5 Å². The molecule has 172 valence electrons. The number of ether oxygens (including phenoxy) is 2. The summed E-state index contributed by atoms with van der Waals surface area (Å²) in [4.78, 5) is 17.7. The molecule has 6 heteroatoms. The van der Waals surface area contributed by atoms with E-state index in [9.17, 15) is 9.90 Å². The zero-order chi connectivity index (χ0) is 23.9. The molecule has 5 nitrogen and oxygen atoms in total. The molecule has 4 rings (SSSR count). The summed E-state index contributed by atoms with van der Waals surface area (Å²) in [5.74, 6) is 0.0313. The molecule has 0 amide bonds. The number of carbonyl (C=O) groups is 1. The van der Waals surface area contributed by atoms with E-state index in [4.69, 9.17) is 9.47 Å². The molecule has 1 heterocycles. The van der Waals surface area contributed by atoms with Crippen LogP contribution in [0.25, 0.3) is 6.08 Å². The van der Waals surface area contributed by atoms with E-state index < -0.39 is 5.97 Å². The van der Waals surface area contributed by atoms with Crippen molar-refractivity contribution in [3.8, 4) is 5.75 Å². The molecule has 3 aromatic carbocycles. The zero-order valence-electron chi connectivity index (χ0n) is 19.0. The largest absolute Gasteiger partial charge is 0.506 e. The molecule has 0 saturated carbocycles. The first kappa shape index (κ1) is 23.4. The molecule has 1 N–H and O–H groups in total. The number of nitrogens with zero attached hydrogens (tertiary/aromatic N) is 1. The van der Waals surface area contributed by atoms with E-state index in [1.807, 2.05) is 91.9 Å². The Labute approximate surface area is 203 Å². The fourth-order valence-electron chi connectivity index (χ4n) is 3.28. The Balaban J connectivity index is 1.56. The Hall–Kier alpha value is -3.77. The Morgan fingerprint density at radius 3 is 2.38 bits per heavy atom. The lowest BCUT2D eigenvalue weighted by molar-refractivity contribution is -0.138. The minimum Gasteiger partial charge on any atom is -0.506 e. The van der Waals surface area contributed by atoms with Crippen molar-refractivity contribution < 1.29 is 19.4 Å². The summed E-state index contributed by atoms with van der Waals surface area (Å²) in [5.41, 5.74) is 3.85. The van der Waals surface area contributed by atoms with Gasteiger partial charge in [-0.1, -0.05) is 71.9 Å². The number of benzene rings is 3. The first-order chi connectivity index (χ1) is 16.5. The van der Waals surface area contributed by atoms with Crippen LogP contribution < -0.4 is 4.74 Å². The number of hydrogen-bond donors (Lipinski definition) is 1. The predicted molar refractivity (Wildman–Crippen MR) is 137 cm³/mol. The third-order valence-corrected chi connectivity index (χ3v) is 6.08. The van der Waals surface area contributed by atoms with Crippen LogP contribution in [0.15, 0.2) is 100 Å². The van der Waals surface area contributed by atoms with E-state index in [0.717, 1.165) is 22.4 Å². The van der Waals surface area contributed by atoms with E-state index in [1.165, 1.54) is 11.8 Å². The highest BCUT2D eigenvalue weighted by molar-refractivity contribution is 8.18. The van der Waals surface area contributed by atoms with Gasteiger partial charge in [0.25, 0.3) is 0 Å². The fourth-order valence-corrected chi connectivity index (χ4v) is 4.32. The maximum Gasteiger partial charge on any atom is 0.344 e. The van der Waals surface area contributed by atoms with Gasteiger partial charge in [-0.05, 0) is 55.3 Å². The van der Waals surface area contributed by atoms with Gasteiger partial charge < -0.3 is 14.6 Å². The van der Waals surface area contributed by atoms with Crippen LogP contribution in [0.3, 0.4) is 0 Å². The molecular formula is C28H25NO4S. The molecule has 3 aromatic rings. The third kappa shape index (κ3) is 5.77. The maximum absolute atomic E-state index is 12.6. The van der Waals surface area contributed by atoms with Crippen molar-refractivity contribution in [1.82, 2.24) is 0 Å². The van der Waals surface area contributed by atoms with Crippen LogP contribution in [0.4, 0.5) is 5.69 Å². The molecular weight excluding hydrogens is 446 g/mol. The summed E-state index contributed by atoms with van der Waals surface area (Å²) in [5, 5.41) is 11.3. The number of esters is 1. The second-order valence-corrected chi connectivity index (χ2v) is 8.68. The number of aliphatic hydroxyl groups is 1.